The molecule has 1 aromatic heterocycles. The monoisotopic (exact) mass is 423 g/mol. The number of anilines is 1. The average molecular weight is 424 g/mol. The molecule has 0 radical (unpaired) electrons. The number of carbonyl (C=O) groups is 2. The number of amides is 2. The van der Waals surface area contributed by atoms with Gasteiger partial charge in [-0.25, -0.2) is 0 Å². The van der Waals surface area contributed by atoms with Gasteiger partial charge < -0.3 is 15.2 Å². The van der Waals surface area contributed by atoms with Gasteiger partial charge in [-0.15, -0.1) is 10.2 Å². The van der Waals surface area contributed by atoms with Crippen LogP contribution in [0.15, 0.2) is 18.2 Å². The number of carbonyl (C=O) groups excluding carboxylic acids is 2. The van der Waals surface area contributed by atoms with E-state index in [1.54, 1.807) is 0 Å². The van der Waals surface area contributed by atoms with Gasteiger partial charge in [-0.1, -0.05) is 37.8 Å². The van der Waals surface area contributed by atoms with E-state index in [1.165, 1.54) is 25.7 Å². The van der Waals surface area contributed by atoms with Crippen LogP contribution in [0.3, 0.4) is 0 Å². The SMILES string of the molecule is Cc1ccc(-c2nnc3n2CCCCC3)cc1NC(=O)CNC(=O)CC1CCCCC1. The third-order valence-electron chi connectivity index (χ3n) is 6.52. The predicted molar refractivity (Wildman–Crippen MR) is 121 cm³/mol. The van der Waals surface area contributed by atoms with Crippen molar-refractivity contribution in [3.05, 3.63) is 29.6 Å². The number of hydrogen-bond donors (Lipinski definition) is 2. The van der Waals surface area contributed by atoms with Crippen LogP contribution in [0.25, 0.3) is 11.4 Å². The van der Waals surface area contributed by atoms with E-state index in [1.807, 2.05) is 25.1 Å². The number of fused-ring (bicyclic) bond motifs is 1. The van der Waals surface area contributed by atoms with E-state index < -0.39 is 0 Å². The molecule has 0 spiro atoms. The normalized spacial score (nSPS) is 16.9. The van der Waals surface area contributed by atoms with Crippen LogP contribution in [0.1, 0.15) is 69.2 Å². The maximum Gasteiger partial charge on any atom is 0.243 e. The van der Waals surface area contributed by atoms with Crippen LogP contribution in [0.2, 0.25) is 0 Å². The highest BCUT2D eigenvalue weighted by Crippen LogP contribution is 2.27. The largest absolute Gasteiger partial charge is 0.347 e. The first-order chi connectivity index (χ1) is 15.1. The molecule has 2 N–H and O–H groups in total. The summed E-state index contributed by atoms with van der Waals surface area (Å²) in [7, 11) is 0. The molecular formula is C24H33N5O2. The van der Waals surface area contributed by atoms with E-state index in [9.17, 15) is 9.59 Å². The number of rotatable bonds is 6. The van der Waals surface area contributed by atoms with Gasteiger partial charge in [0, 0.05) is 30.6 Å². The molecule has 1 fully saturated rings. The van der Waals surface area contributed by atoms with Gasteiger partial charge in [-0.3, -0.25) is 9.59 Å². The van der Waals surface area contributed by atoms with Gasteiger partial charge in [0.2, 0.25) is 11.8 Å². The van der Waals surface area contributed by atoms with Crippen LogP contribution < -0.4 is 10.6 Å². The summed E-state index contributed by atoms with van der Waals surface area (Å²) in [6.45, 7) is 2.89. The molecule has 31 heavy (non-hydrogen) atoms. The Morgan fingerprint density at radius 2 is 1.84 bits per heavy atom. The molecule has 7 heteroatoms. The van der Waals surface area contributed by atoms with Crippen LogP contribution in [-0.2, 0) is 22.6 Å². The maximum atomic E-state index is 12.5. The Labute approximate surface area is 184 Å². The van der Waals surface area contributed by atoms with Crippen LogP contribution in [0.5, 0.6) is 0 Å². The molecule has 1 aliphatic heterocycles. The Balaban J connectivity index is 1.37. The number of nitrogens with zero attached hydrogens (tertiary/aromatic N) is 3. The zero-order valence-corrected chi connectivity index (χ0v) is 18.5. The molecule has 1 aliphatic carbocycles. The van der Waals surface area contributed by atoms with Crippen molar-refractivity contribution in [2.75, 3.05) is 11.9 Å². The Hall–Kier alpha value is -2.70. The standard InChI is InChI=1S/C24H33N5O2/c1-17-11-12-19(24-28-27-21-10-6-3-7-13-29(21)24)15-20(17)26-23(31)16-25-22(30)14-18-8-4-2-5-9-18/h11-12,15,18H,2-10,13-14,16H2,1H3,(H,25,30)(H,26,31). The maximum absolute atomic E-state index is 12.5. The minimum Gasteiger partial charge on any atom is -0.347 e. The van der Waals surface area contributed by atoms with Crippen molar-refractivity contribution in [2.24, 2.45) is 5.92 Å². The molecule has 2 aliphatic rings. The molecule has 0 bridgehead atoms. The molecule has 4 rings (SSSR count). The summed E-state index contributed by atoms with van der Waals surface area (Å²) >= 11 is 0. The first-order valence-corrected chi connectivity index (χ1v) is 11.7. The Bertz CT molecular complexity index is 930. The summed E-state index contributed by atoms with van der Waals surface area (Å²) in [5, 5.41) is 14.5. The predicted octanol–water partition coefficient (Wildman–Crippen LogP) is 4.01. The van der Waals surface area contributed by atoms with Gasteiger partial charge in [0.25, 0.3) is 0 Å². The van der Waals surface area contributed by atoms with Crippen LogP contribution in [-0.4, -0.2) is 33.1 Å². The highest BCUT2D eigenvalue weighted by Gasteiger charge is 2.19. The number of aryl methyl sites for hydroxylation is 2. The van der Waals surface area contributed by atoms with Crippen molar-refractivity contribution in [3.63, 3.8) is 0 Å². The Kier molecular flexibility index (Phi) is 6.99. The highest BCUT2D eigenvalue weighted by molar-refractivity contribution is 5.95. The molecule has 2 amide bonds. The van der Waals surface area contributed by atoms with E-state index in [0.717, 1.165) is 67.1 Å². The van der Waals surface area contributed by atoms with E-state index in [-0.39, 0.29) is 18.4 Å². The third kappa shape index (κ3) is 5.51. The van der Waals surface area contributed by atoms with Gasteiger partial charge in [0.05, 0.1) is 6.54 Å². The second kappa shape index (κ2) is 10.1. The second-order valence-corrected chi connectivity index (χ2v) is 8.96. The fourth-order valence-corrected chi connectivity index (χ4v) is 4.69. The van der Waals surface area contributed by atoms with Crippen molar-refractivity contribution in [3.8, 4) is 11.4 Å². The summed E-state index contributed by atoms with van der Waals surface area (Å²) in [6.07, 6.45) is 10.9. The zero-order valence-electron chi connectivity index (χ0n) is 18.5. The molecule has 2 heterocycles. The number of benzene rings is 1. The van der Waals surface area contributed by atoms with Crippen molar-refractivity contribution in [1.82, 2.24) is 20.1 Å². The van der Waals surface area contributed by atoms with Crippen LogP contribution in [0.4, 0.5) is 5.69 Å². The lowest BCUT2D eigenvalue weighted by Gasteiger charge is -2.20. The van der Waals surface area contributed by atoms with Gasteiger partial charge in [0.15, 0.2) is 5.82 Å². The summed E-state index contributed by atoms with van der Waals surface area (Å²) in [5.41, 5.74) is 2.67. The number of aromatic nitrogens is 3. The molecule has 7 nitrogen and oxygen atoms in total. The quantitative estimate of drug-likeness (QED) is 0.735. The Morgan fingerprint density at radius 1 is 1.03 bits per heavy atom. The molecule has 0 saturated heterocycles. The van der Waals surface area contributed by atoms with Crippen molar-refractivity contribution in [1.29, 1.82) is 0 Å². The molecule has 1 saturated carbocycles. The fourth-order valence-electron chi connectivity index (χ4n) is 4.69. The summed E-state index contributed by atoms with van der Waals surface area (Å²) in [4.78, 5) is 24.7. The van der Waals surface area contributed by atoms with Gasteiger partial charge in [-0.2, -0.15) is 0 Å². The number of hydrogen-bond acceptors (Lipinski definition) is 4. The fraction of sp³-hybridized carbons (Fsp3) is 0.583. The van der Waals surface area contributed by atoms with E-state index >= 15 is 0 Å². The molecule has 166 valence electrons. The summed E-state index contributed by atoms with van der Waals surface area (Å²) < 4.78 is 2.20. The van der Waals surface area contributed by atoms with Crippen molar-refractivity contribution in [2.45, 2.75) is 77.7 Å². The van der Waals surface area contributed by atoms with Gasteiger partial charge in [-0.05, 0) is 50.2 Å². The zero-order chi connectivity index (χ0) is 21.6. The second-order valence-electron chi connectivity index (χ2n) is 8.96. The molecular weight excluding hydrogens is 390 g/mol. The lowest BCUT2D eigenvalue weighted by Crippen LogP contribution is -2.34. The van der Waals surface area contributed by atoms with E-state index in [2.05, 4.69) is 25.4 Å². The van der Waals surface area contributed by atoms with Crippen molar-refractivity contribution >= 4 is 17.5 Å². The summed E-state index contributed by atoms with van der Waals surface area (Å²) in [5.74, 6) is 2.12. The molecule has 2 aromatic rings. The summed E-state index contributed by atoms with van der Waals surface area (Å²) in [6, 6.07) is 5.98. The van der Waals surface area contributed by atoms with Gasteiger partial charge in [0.1, 0.15) is 5.82 Å². The first-order valence-electron chi connectivity index (χ1n) is 11.7. The van der Waals surface area contributed by atoms with Gasteiger partial charge >= 0.3 is 0 Å². The minimum atomic E-state index is -0.211. The molecule has 0 atom stereocenters. The first kappa shape index (κ1) is 21.5. The van der Waals surface area contributed by atoms with E-state index in [4.69, 9.17) is 0 Å². The van der Waals surface area contributed by atoms with Crippen LogP contribution in [0, 0.1) is 12.8 Å². The lowest BCUT2D eigenvalue weighted by atomic mass is 9.87. The topological polar surface area (TPSA) is 88.9 Å². The lowest BCUT2D eigenvalue weighted by molar-refractivity contribution is -0.125. The average Bonchev–Trinajstić information content (AvgIpc) is 3.02. The molecule has 1 aromatic carbocycles. The highest BCUT2D eigenvalue weighted by atomic mass is 16.2. The third-order valence-corrected chi connectivity index (χ3v) is 6.52. The van der Waals surface area contributed by atoms with Crippen LogP contribution >= 0.6 is 0 Å². The smallest absolute Gasteiger partial charge is 0.243 e. The van der Waals surface area contributed by atoms with Crippen molar-refractivity contribution < 1.29 is 9.59 Å². The Morgan fingerprint density at radius 3 is 2.68 bits per heavy atom. The van der Waals surface area contributed by atoms with E-state index in [0.29, 0.717) is 12.3 Å². The molecule has 0 unspecified atom stereocenters. The minimum absolute atomic E-state index is 0.00441. The number of nitrogens with one attached hydrogen (secondary N) is 2.